The number of sulfone groups is 1. The van der Waals surface area contributed by atoms with Gasteiger partial charge >= 0.3 is 0 Å². The minimum atomic E-state index is -2.98. The molecule has 10 heteroatoms. The number of rotatable bonds is 3. The van der Waals surface area contributed by atoms with E-state index in [4.69, 9.17) is 5.14 Å². The molecule has 0 saturated carbocycles. The lowest BCUT2D eigenvalue weighted by Gasteiger charge is -2.24. The highest BCUT2D eigenvalue weighted by molar-refractivity contribution is 7.98. The predicted molar refractivity (Wildman–Crippen MR) is 102 cm³/mol. The molecule has 0 aliphatic carbocycles. The Morgan fingerprint density at radius 3 is 2.65 bits per heavy atom. The fourth-order valence-corrected chi connectivity index (χ4v) is 4.80. The lowest BCUT2D eigenvalue weighted by Crippen LogP contribution is -2.40. The normalized spacial score (nSPS) is 21.5. The Labute approximate surface area is 153 Å². The molecular weight excluding hydrogens is 374 g/mol. The van der Waals surface area contributed by atoms with Crippen molar-refractivity contribution in [2.75, 3.05) is 37.8 Å². The number of azo groups is 1. The summed E-state index contributed by atoms with van der Waals surface area (Å²) in [5, 5.41) is 13.5. The van der Waals surface area contributed by atoms with Crippen LogP contribution in [0.1, 0.15) is 11.1 Å². The standard InChI is InChI=1S/C16H19N5O3S2/c1-25(17,22)14-6-2-4-13(15(14)16-18-12-19-20-16)5-3-7-21-8-10-26(23,24)11-9-21/h2,4,6H,1,7-12H2,(H2,17,22). The van der Waals surface area contributed by atoms with Crippen molar-refractivity contribution in [2.24, 2.45) is 20.4 Å². The van der Waals surface area contributed by atoms with E-state index < -0.39 is 19.5 Å². The first-order chi connectivity index (χ1) is 12.3. The van der Waals surface area contributed by atoms with Gasteiger partial charge in [-0.05, 0) is 18.0 Å². The highest BCUT2D eigenvalue weighted by Crippen LogP contribution is 2.22. The van der Waals surface area contributed by atoms with Crippen LogP contribution in [0, 0.1) is 11.8 Å². The van der Waals surface area contributed by atoms with Crippen LogP contribution in [0.2, 0.25) is 0 Å². The number of amidine groups is 1. The minimum Gasteiger partial charge on any atom is -0.290 e. The molecule has 1 aromatic carbocycles. The molecule has 26 heavy (non-hydrogen) atoms. The number of aliphatic imine (C=N–C) groups is 1. The molecule has 1 aromatic rings. The van der Waals surface area contributed by atoms with Crippen LogP contribution in [-0.2, 0) is 19.5 Å². The quantitative estimate of drug-likeness (QED) is 0.569. The second-order valence-electron chi connectivity index (χ2n) is 6.00. The number of hydrogen-bond donors (Lipinski definition) is 1. The van der Waals surface area contributed by atoms with Gasteiger partial charge in [0, 0.05) is 18.7 Å². The van der Waals surface area contributed by atoms with Crippen LogP contribution >= 0.6 is 0 Å². The van der Waals surface area contributed by atoms with E-state index in [-0.39, 0.29) is 18.2 Å². The fourth-order valence-electron chi connectivity index (χ4n) is 2.67. The summed E-state index contributed by atoms with van der Waals surface area (Å²) in [7, 11) is -5.89. The second kappa shape index (κ2) is 7.28. The summed E-state index contributed by atoms with van der Waals surface area (Å²) in [5.41, 5.74) is 1.08. The molecule has 2 heterocycles. The van der Waals surface area contributed by atoms with Gasteiger partial charge in [-0.15, -0.1) is 5.11 Å². The van der Waals surface area contributed by atoms with Crippen LogP contribution < -0.4 is 5.14 Å². The van der Waals surface area contributed by atoms with Gasteiger partial charge in [0.25, 0.3) is 0 Å². The van der Waals surface area contributed by atoms with Gasteiger partial charge in [-0.1, -0.05) is 17.9 Å². The first kappa shape index (κ1) is 18.7. The Morgan fingerprint density at radius 1 is 1.31 bits per heavy atom. The molecule has 1 unspecified atom stereocenters. The Balaban J connectivity index is 1.88. The topological polar surface area (TPSA) is 118 Å². The van der Waals surface area contributed by atoms with E-state index in [1.165, 1.54) is 0 Å². The third-order valence-corrected chi connectivity index (χ3v) is 6.73. The zero-order valence-corrected chi connectivity index (χ0v) is 15.7. The average molecular weight is 393 g/mol. The molecule has 0 amide bonds. The number of benzene rings is 1. The van der Waals surface area contributed by atoms with Crippen molar-refractivity contribution in [3.63, 3.8) is 0 Å². The van der Waals surface area contributed by atoms with E-state index in [0.29, 0.717) is 41.5 Å². The van der Waals surface area contributed by atoms with Crippen molar-refractivity contribution < 1.29 is 12.6 Å². The summed E-state index contributed by atoms with van der Waals surface area (Å²) >= 11 is 0. The predicted octanol–water partition coefficient (Wildman–Crippen LogP) is -0.113. The highest BCUT2D eigenvalue weighted by Gasteiger charge is 2.21. The second-order valence-corrected chi connectivity index (χ2v) is 10.2. The van der Waals surface area contributed by atoms with Gasteiger partial charge in [0.1, 0.15) is 0 Å². The van der Waals surface area contributed by atoms with Crippen LogP contribution in [0.5, 0.6) is 0 Å². The van der Waals surface area contributed by atoms with Crippen LogP contribution in [0.25, 0.3) is 0 Å². The monoisotopic (exact) mass is 393 g/mol. The molecule has 2 aliphatic rings. The van der Waals surface area contributed by atoms with E-state index in [2.05, 4.69) is 32.9 Å². The summed E-state index contributed by atoms with van der Waals surface area (Å²) in [4.78, 5) is 6.51. The van der Waals surface area contributed by atoms with Gasteiger partial charge in [0.05, 0.1) is 38.2 Å². The van der Waals surface area contributed by atoms with Gasteiger partial charge in [0.15, 0.2) is 22.3 Å². The van der Waals surface area contributed by atoms with Crippen LogP contribution in [0.4, 0.5) is 0 Å². The van der Waals surface area contributed by atoms with Crippen molar-refractivity contribution in [1.82, 2.24) is 4.90 Å². The molecule has 0 radical (unpaired) electrons. The summed E-state index contributed by atoms with van der Waals surface area (Å²) in [6, 6.07) is 5.11. The Kier molecular flexibility index (Phi) is 5.24. The van der Waals surface area contributed by atoms with Gasteiger partial charge in [-0.3, -0.25) is 10.0 Å². The summed E-state index contributed by atoms with van der Waals surface area (Å²) in [6.45, 7) is 1.60. The molecule has 1 saturated heterocycles. The maximum absolute atomic E-state index is 12.3. The molecule has 1 fully saturated rings. The number of hydrogen-bond acceptors (Lipinski definition) is 7. The Hall–Kier alpha value is -2.06. The zero-order chi connectivity index (χ0) is 18.8. The smallest absolute Gasteiger partial charge is 0.181 e. The minimum absolute atomic E-state index is 0.156. The lowest BCUT2D eigenvalue weighted by molar-refractivity contribution is 0.332. The molecule has 0 spiro atoms. The molecule has 2 N–H and O–H groups in total. The molecule has 3 rings (SSSR count). The van der Waals surface area contributed by atoms with Crippen molar-refractivity contribution in [1.29, 1.82) is 0 Å². The van der Waals surface area contributed by atoms with Gasteiger partial charge in [0.2, 0.25) is 0 Å². The van der Waals surface area contributed by atoms with E-state index in [9.17, 15) is 12.6 Å². The largest absolute Gasteiger partial charge is 0.290 e. The molecule has 1 atom stereocenters. The molecule has 138 valence electrons. The van der Waals surface area contributed by atoms with E-state index >= 15 is 0 Å². The van der Waals surface area contributed by atoms with Crippen molar-refractivity contribution in [3.8, 4) is 11.8 Å². The molecule has 0 bridgehead atoms. The van der Waals surface area contributed by atoms with Crippen LogP contribution in [-0.4, -0.2) is 67.0 Å². The van der Waals surface area contributed by atoms with Gasteiger partial charge in [-0.2, -0.15) is 5.11 Å². The molecule has 2 aliphatic heterocycles. The van der Waals surface area contributed by atoms with Crippen molar-refractivity contribution in [3.05, 3.63) is 29.3 Å². The Morgan fingerprint density at radius 2 is 2.04 bits per heavy atom. The van der Waals surface area contributed by atoms with Gasteiger partial charge in [-0.25, -0.2) is 17.6 Å². The number of nitrogens with zero attached hydrogens (tertiary/aromatic N) is 4. The lowest BCUT2D eigenvalue weighted by atomic mass is 10.1. The maximum atomic E-state index is 12.3. The van der Waals surface area contributed by atoms with Gasteiger partial charge < -0.3 is 0 Å². The van der Waals surface area contributed by atoms with Crippen molar-refractivity contribution in [2.45, 2.75) is 4.90 Å². The summed E-state index contributed by atoms with van der Waals surface area (Å²) < 4.78 is 35.3. The average Bonchev–Trinajstić information content (AvgIpc) is 3.09. The van der Waals surface area contributed by atoms with E-state index in [1.54, 1.807) is 18.2 Å². The summed E-state index contributed by atoms with van der Waals surface area (Å²) in [5.74, 6) is 10.3. The van der Waals surface area contributed by atoms with Crippen LogP contribution in [0.3, 0.4) is 0 Å². The first-order valence-corrected chi connectivity index (χ1v) is 11.5. The molecular formula is C16H19N5O3S2. The Bertz CT molecular complexity index is 1030. The highest BCUT2D eigenvalue weighted by atomic mass is 32.2. The third kappa shape index (κ3) is 4.37. The number of nitrogens with two attached hydrogens (primary N) is 1. The summed E-state index contributed by atoms with van der Waals surface area (Å²) in [6.07, 6.45) is 0. The fraction of sp³-hybridized carbons (Fsp3) is 0.375. The first-order valence-electron chi connectivity index (χ1n) is 7.88. The third-order valence-electron chi connectivity index (χ3n) is 4.03. The van der Waals surface area contributed by atoms with E-state index in [0.717, 1.165) is 0 Å². The van der Waals surface area contributed by atoms with E-state index in [1.807, 2.05) is 4.90 Å². The van der Waals surface area contributed by atoms with Crippen LogP contribution in [0.15, 0.2) is 38.3 Å². The SMILES string of the molecule is C=S(N)(=O)c1cccc(C#CCN2CCS(=O)(=O)CC2)c1C1=NCN=N1. The maximum Gasteiger partial charge on any atom is 0.181 e. The van der Waals surface area contributed by atoms with Crippen molar-refractivity contribution >= 4 is 31.3 Å². The molecule has 0 aromatic heterocycles. The molecule has 8 nitrogen and oxygen atoms in total. The zero-order valence-electron chi connectivity index (χ0n) is 14.1.